The van der Waals surface area contributed by atoms with Gasteiger partial charge in [-0.25, -0.2) is 4.98 Å². The number of carbonyl (C=O) groups excluding carboxylic acids is 3. The van der Waals surface area contributed by atoms with Gasteiger partial charge in [-0.2, -0.15) is 0 Å². The molecular weight excluding hydrogens is 558 g/mol. The largest absolute Gasteiger partial charge is 1.00 e. The zero-order chi connectivity index (χ0) is 16.8. The molecule has 2 aromatic rings. The summed E-state index contributed by atoms with van der Waals surface area (Å²) in [7, 11) is 0. The van der Waals surface area contributed by atoms with E-state index in [4.69, 9.17) is 15.2 Å². The second kappa shape index (κ2) is 20.3. The molecule has 2 heterocycles. The van der Waals surface area contributed by atoms with Crippen LogP contribution < -0.4 is 143 Å². The van der Waals surface area contributed by atoms with Gasteiger partial charge in [-0.15, -0.1) is 0 Å². The number of rotatable bonds is 3. The van der Waals surface area contributed by atoms with Crippen molar-refractivity contribution >= 4 is 19.0 Å². The van der Waals surface area contributed by atoms with Gasteiger partial charge in [0.15, 0.2) is 12.6 Å². The fourth-order valence-electron chi connectivity index (χ4n) is 1.02. The van der Waals surface area contributed by atoms with Gasteiger partial charge in [0.1, 0.15) is 17.1 Å². The van der Waals surface area contributed by atoms with Crippen LogP contribution in [0.5, 0.6) is 5.75 Å². The van der Waals surface area contributed by atoms with Gasteiger partial charge < -0.3 is 16.7 Å². The smallest absolute Gasteiger partial charge is 1.00 e. The van der Waals surface area contributed by atoms with E-state index in [1.165, 1.54) is 18.3 Å². The minimum absolute atomic E-state index is 0. The molecule has 0 amide bonds. The molecule has 0 spiro atoms. The second-order valence-electron chi connectivity index (χ2n) is 3.63. The number of carbonyl (C=O) groups is 3. The number of nitrogens with zero attached hydrogens (tertiary/aromatic N) is 2. The minimum Gasteiger partial charge on any atom is -1.00 e. The molecule has 2 rings (SSSR count). The average Bonchev–Trinajstić information content (AvgIpc) is 2.57. The summed E-state index contributed by atoms with van der Waals surface area (Å²) < 4.78 is 0. The van der Waals surface area contributed by atoms with Crippen molar-refractivity contribution < 1.29 is 169 Å². The van der Waals surface area contributed by atoms with Crippen LogP contribution in [0.15, 0.2) is 36.7 Å². The van der Waals surface area contributed by atoms with Crippen molar-refractivity contribution in [1.29, 1.82) is 0 Å². The van der Waals surface area contributed by atoms with Crippen LogP contribution in [-0.4, -0.2) is 34.1 Å². The second-order valence-corrected chi connectivity index (χ2v) is 3.63. The maximum Gasteiger partial charge on any atom is 1.00 e. The molecule has 8 nitrogen and oxygen atoms in total. The van der Waals surface area contributed by atoms with E-state index in [0.717, 1.165) is 11.8 Å². The number of aryl methyl sites for hydroxylation is 1. The first-order valence-electron chi connectivity index (χ1n) is 5.77. The molecule has 24 heavy (non-hydrogen) atoms. The number of aldehydes is 2. The Morgan fingerprint density at radius 3 is 1.75 bits per heavy atom. The van der Waals surface area contributed by atoms with Crippen LogP contribution in [0.3, 0.4) is 0 Å². The number of hydrogen-bond donors (Lipinski definition) is 1. The van der Waals surface area contributed by atoms with Crippen molar-refractivity contribution in [2.45, 2.75) is 6.92 Å². The van der Waals surface area contributed by atoms with Crippen LogP contribution in [0.1, 0.15) is 28.0 Å². The van der Waals surface area contributed by atoms with Gasteiger partial charge in [0.25, 0.3) is 6.47 Å². The molecule has 0 aliphatic heterocycles. The zero-order valence-corrected chi connectivity index (χ0v) is 26.1. The summed E-state index contributed by atoms with van der Waals surface area (Å²) >= 11 is 0. The number of pyridine rings is 2. The summed E-state index contributed by atoms with van der Waals surface area (Å²) in [5.74, 6) is 0.0700. The van der Waals surface area contributed by atoms with Gasteiger partial charge in [0.05, 0.1) is 6.20 Å². The predicted molar refractivity (Wildman–Crippen MR) is 73.9 cm³/mol. The third-order valence-corrected chi connectivity index (χ3v) is 1.99. The van der Waals surface area contributed by atoms with E-state index in [1.807, 2.05) is 13.0 Å². The third-order valence-electron chi connectivity index (χ3n) is 1.99. The minimum atomic E-state index is -0.181. The van der Waals surface area contributed by atoms with Crippen LogP contribution in [0, 0.1) is 6.92 Å². The fraction of sp³-hybridized carbons (Fsp3) is 0.0714. The molecule has 2 aromatic heterocycles. The van der Waals surface area contributed by atoms with E-state index in [2.05, 4.69) is 14.9 Å². The molecule has 0 unspecified atom stereocenters. The molecule has 0 aromatic carbocycles. The summed E-state index contributed by atoms with van der Waals surface area (Å²) in [5, 5.41) is 17.1. The van der Waals surface area contributed by atoms with Crippen LogP contribution in [0.25, 0.3) is 0 Å². The Labute approximate surface area is 258 Å². The summed E-state index contributed by atoms with van der Waals surface area (Å²) in [6.07, 6.45) is 4.26. The molecule has 0 aliphatic rings. The van der Waals surface area contributed by atoms with E-state index in [1.54, 1.807) is 12.3 Å². The van der Waals surface area contributed by atoms with Crippen molar-refractivity contribution in [2.24, 2.45) is 0 Å². The number of aromatic hydroxyl groups is 1. The molecule has 0 bridgehead atoms. The first-order chi connectivity index (χ1) is 10.6. The Morgan fingerprint density at radius 1 is 1.00 bits per heavy atom. The SMILES string of the molecule is Cc1ccc(C=O)nc1.O=CO[O-].O=Cc1ccc(O)cn1.[Cs+].[Cs+].[H-]. The summed E-state index contributed by atoms with van der Waals surface area (Å²) in [5.41, 5.74) is 1.88. The van der Waals surface area contributed by atoms with E-state index in [0.29, 0.717) is 17.7 Å². The van der Waals surface area contributed by atoms with Crippen LogP contribution in [-0.2, 0) is 9.68 Å². The topological polar surface area (TPSA) is 130 Å². The van der Waals surface area contributed by atoms with Crippen molar-refractivity contribution in [2.75, 3.05) is 0 Å². The molecule has 118 valence electrons. The number of hydrogen-bond acceptors (Lipinski definition) is 8. The molecule has 0 saturated carbocycles. The molecule has 0 atom stereocenters. The molecule has 10 heteroatoms. The van der Waals surface area contributed by atoms with Gasteiger partial charge in [0, 0.05) is 6.20 Å². The normalized spacial score (nSPS) is 7.58. The van der Waals surface area contributed by atoms with Gasteiger partial charge in [-0.05, 0) is 30.7 Å². The van der Waals surface area contributed by atoms with Gasteiger partial charge in [-0.1, -0.05) is 6.07 Å². The Morgan fingerprint density at radius 2 is 1.46 bits per heavy atom. The molecule has 1 N–H and O–H groups in total. The van der Waals surface area contributed by atoms with Crippen LogP contribution in [0.4, 0.5) is 0 Å². The molecule has 0 fully saturated rings. The van der Waals surface area contributed by atoms with E-state index in [9.17, 15) is 9.59 Å². The number of aromatic nitrogens is 2. The van der Waals surface area contributed by atoms with Gasteiger partial charge >= 0.3 is 138 Å². The van der Waals surface area contributed by atoms with E-state index in [-0.39, 0.29) is 151 Å². The molecule has 0 saturated heterocycles. The first kappa shape index (κ1) is 29.7. The van der Waals surface area contributed by atoms with Crippen molar-refractivity contribution in [3.63, 3.8) is 0 Å². The predicted octanol–water partition coefficient (Wildman–Crippen LogP) is -5.64. The molecule has 0 radical (unpaired) electrons. The Bertz CT molecular complexity index is 535. The van der Waals surface area contributed by atoms with Crippen molar-refractivity contribution in [3.05, 3.63) is 53.6 Å². The first-order valence-corrected chi connectivity index (χ1v) is 5.77. The fourth-order valence-corrected chi connectivity index (χ4v) is 1.02. The Balaban J connectivity index is -0.000000133. The summed E-state index contributed by atoms with van der Waals surface area (Å²) in [6.45, 7) is 1.75. The van der Waals surface area contributed by atoms with Crippen molar-refractivity contribution in [1.82, 2.24) is 9.97 Å². The quantitative estimate of drug-likeness (QED) is 0.219. The average molecular weight is 572 g/mol. The van der Waals surface area contributed by atoms with Crippen LogP contribution >= 0.6 is 0 Å². The van der Waals surface area contributed by atoms with Gasteiger partial charge in [0.2, 0.25) is 0 Å². The Hall–Kier alpha value is 0.974. The maximum atomic E-state index is 10.1. The molecular formula is C14H14Cs2N2O6. The van der Waals surface area contributed by atoms with E-state index < -0.39 is 0 Å². The van der Waals surface area contributed by atoms with Crippen molar-refractivity contribution in [3.8, 4) is 5.75 Å². The monoisotopic (exact) mass is 572 g/mol. The summed E-state index contributed by atoms with van der Waals surface area (Å²) in [6, 6.07) is 6.41. The zero-order valence-electron chi connectivity index (χ0n) is 14.6. The van der Waals surface area contributed by atoms with Gasteiger partial charge in [-0.3, -0.25) is 19.4 Å². The maximum absolute atomic E-state index is 10.1. The van der Waals surface area contributed by atoms with E-state index >= 15 is 0 Å². The molecule has 0 aliphatic carbocycles. The standard InChI is InChI=1S/C7H7NO.C6H5NO2.CH2O3.2Cs.H/c1-6-2-3-7(5-9)8-4-6;8-4-5-1-2-6(9)3-7-5;2-1-4-3;;;/h2-5H,1H3;1-4,9H;1,3H;;;/q;;;2*+1;-1/p-1. The third kappa shape index (κ3) is 16.4. The summed E-state index contributed by atoms with van der Waals surface area (Å²) in [4.78, 5) is 38.7. The Kier molecular flexibility index (Phi) is 25.1. The van der Waals surface area contributed by atoms with Crippen LogP contribution in [0.2, 0.25) is 0 Å².